The molecule has 3 atom stereocenters. The molecule has 2 aliphatic carbocycles. The number of rotatable bonds is 6. The van der Waals surface area contributed by atoms with Gasteiger partial charge in [-0.1, -0.05) is 11.6 Å². The fourth-order valence-corrected chi connectivity index (χ4v) is 5.84. The molecule has 0 spiro atoms. The number of carbonyl (C=O) groups excluding carboxylic acids is 2. The van der Waals surface area contributed by atoms with E-state index < -0.39 is 0 Å². The summed E-state index contributed by atoms with van der Waals surface area (Å²) in [5, 5.41) is 17.5. The summed E-state index contributed by atoms with van der Waals surface area (Å²) in [7, 11) is 0. The van der Waals surface area contributed by atoms with Gasteiger partial charge in [-0.3, -0.25) is 19.2 Å². The van der Waals surface area contributed by atoms with Crippen LogP contribution in [-0.4, -0.2) is 39.2 Å². The van der Waals surface area contributed by atoms with E-state index in [1.807, 2.05) is 32.2 Å². The number of carbonyl (C=O) groups is 2. The summed E-state index contributed by atoms with van der Waals surface area (Å²) < 4.78 is 1.77. The van der Waals surface area contributed by atoms with Gasteiger partial charge >= 0.3 is 0 Å². The summed E-state index contributed by atoms with van der Waals surface area (Å²) in [5.74, 6) is 1.65. The predicted octanol–water partition coefficient (Wildman–Crippen LogP) is 4.38. The number of aromatic nitrogens is 3. The molecule has 9 heteroatoms. The van der Waals surface area contributed by atoms with Crippen molar-refractivity contribution in [3.63, 3.8) is 0 Å². The third-order valence-corrected chi connectivity index (χ3v) is 8.33. The normalized spacial score (nSPS) is 24.7. The fraction of sp³-hybridized carbons (Fsp3) is 0.393. The highest BCUT2D eigenvalue weighted by Gasteiger charge is 2.52. The average Bonchev–Trinajstić information content (AvgIpc) is 3.31. The van der Waals surface area contributed by atoms with E-state index in [2.05, 4.69) is 21.5 Å². The van der Waals surface area contributed by atoms with E-state index in [-0.39, 0.29) is 35.7 Å². The van der Waals surface area contributed by atoms with Crippen LogP contribution >= 0.6 is 11.6 Å². The van der Waals surface area contributed by atoms with Crippen molar-refractivity contribution in [2.24, 2.45) is 11.8 Å². The maximum atomic E-state index is 12.9. The Hall–Kier alpha value is -3.70. The first-order valence-corrected chi connectivity index (χ1v) is 13.0. The van der Waals surface area contributed by atoms with Crippen LogP contribution in [0.1, 0.15) is 70.8 Å². The molecular formula is C28H27ClN6O2. The quantitative estimate of drug-likeness (QED) is 0.525. The van der Waals surface area contributed by atoms with Crippen LogP contribution in [0.15, 0.2) is 42.9 Å². The molecule has 3 aromatic rings. The van der Waals surface area contributed by atoms with Crippen LogP contribution in [-0.2, 0) is 4.79 Å². The van der Waals surface area contributed by atoms with Crippen LogP contribution in [0.3, 0.4) is 0 Å². The SMILES string of the molecule is Cc1cc(N2C[C@H]3C[C@H]3C2=O)ncc1[C@@H](C)n1cc(C(=O)NC2CC(c3cc(Cl)ccc3C#N)C2)cn1. The predicted molar refractivity (Wildman–Crippen MR) is 138 cm³/mol. The van der Waals surface area contributed by atoms with Crippen molar-refractivity contribution in [2.45, 2.75) is 51.1 Å². The maximum Gasteiger partial charge on any atom is 0.254 e. The van der Waals surface area contributed by atoms with Gasteiger partial charge in [0.05, 0.1) is 29.4 Å². The van der Waals surface area contributed by atoms with E-state index in [1.54, 1.807) is 34.1 Å². The molecule has 8 nitrogen and oxygen atoms in total. The number of nitrogens with one attached hydrogen (secondary N) is 1. The van der Waals surface area contributed by atoms with Crippen LogP contribution in [0.4, 0.5) is 5.82 Å². The summed E-state index contributed by atoms with van der Waals surface area (Å²) in [6.07, 6.45) is 7.70. The van der Waals surface area contributed by atoms with E-state index in [0.29, 0.717) is 27.9 Å². The number of hydrogen-bond acceptors (Lipinski definition) is 5. The number of hydrogen-bond donors (Lipinski definition) is 1. The minimum absolute atomic E-state index is 0.0436. The van der Waals surface area contributed by atoms with Gasteiger partial charge in [0.25, 0.3) is 5.91 Å². The second-order valence-electron chi connectivity index (χ2n) is 10.5. The van der Waals surface area contributed by atoms with Crippen molar-refractivity contribution in [3.8, 4) is 6.07 Å². The molecule has 1 aliphatic heterocycles. The zero-order valence-corrected chi connectivity index (χ0v) is 21.4. The number of amides is 2. The molecule has 1 saturated heterocycles. The van der Waals surface area contributed by atoms with Gasteiger partial charge in [0, 0.05) is 35.9 Å². The first kappa shape index (κ1) is 23.7. The molecule has 2 aromatic heterocycles. The monoisotopic (exact) mass is 514 g/mol. The number of fused-ring (bicyclic) bond motifs is 1. The van der Waals surface area contributed by atoms with Crippen molar-refractivity contribution < 1.29 is 9.59 Å². The molecule has 3 heterocycles. The van der Waals surface area contributed by atoms with E-state index >= 15 is 0 Å². The van der Waals surface area contributed by atoms with E-state index in [4.69, 9.17) is 11.6 Å². The third-order valence-electron chi connectivity index (χ3n) is 8.09. The van der Waals surface area contributed by atoms with Crippen LogP contribution in [0.5, 0.6) is 0 Å². The molecule has 0 unspecified atom stereocenters. The summed E-state index contributed by atoms with van der Waals surface area (Å²) in [6, 6.07) is 9.44. The molecule has 2 amide bonds. The average molecular weight is 515 g/mol. The number of nitriles is 1. The lowest BCUT2D eigenvalue weighted by Crippen LogP contribution is -2.43. The highest BCUT2D eigenvalue weighted by Crippen LogP contribution is 2.47. The molecule has 6 rings (SSSR count). The summed E-state index contributed by atoms with van der Waals surface area (Å²) in [5.41, 5.74) is 4.11. The molecule has 2 saturated carbocycles. The number of aryl methyl sites for hydroxylation is 1. The number of piperidine rings is 1. The van der Waals surface area contributed by atoms with Gasteiger partial charge in [0.1, 0.15) is 5.82 Å². The minimum Gasteiger partial charge on any atom is -0.349 e. The molecule has 1 N–H and O–H groups in total. The number of anilines is 1. The van der Waals surface area contributed by atoms with Gasteiger partial charge in [-0.25, -0.2) is 4.98 Å². The summed E-state index contributed by atoms with van der Waals surface area (Å²) >= 11 is 6.12. The van der Waals surface area contributed by atoms with Gasteiger partial charge < -0.3 is 5.32 Å². The first-order chi connectivity index (χ1) is 17.8. The Morgan fingerprint density at radius 3 is 2.76 bits per heavy atom. The zero-order chi connectivity index (χ0) is 25.8. The van der Waals surface area contributed by atoms with E-state index in [1.165, 1.54) is 0 Å². The maximum absolute atomic E-state index is 12.9. The second kappa shape index (κ2) is 9.00. The van der Waals surface area contributed by atoms with Gasteiger partial charge in [-0.05, 0) is 85.9 Å². The van der Waals surface area contributed by atoms with Crippen molar-refractivity contribution in [1.82, 2.24) is 20.1 Å². The number of benzene rings is 1. The largest absolute Gasteiger partial charge is 0.349 e. The van der Waals surface area contributed by atoms with Crippen molar-refractivity contribution in [1.29, 1.82) is 5.26 Å². The lowest BCUT2D eigenvalue weighted by molar-refractivity contribution is -0.118. The van der Waals surface area contributed by atoms with Crippen LogP contribution < -0.4 is 10.2 Å². The molecule has 3 aliphatic rings. The van der Waals surface area contributed by atoms with E-state index in [9.17, 15) is 14.9 Å². The van der Waals surface area contributed by atoms with Crippen LogP contribution in [0.2, 0.25) is 5.02 Å². The first-order valence-electron chi connectivity index (χ1n) is 12.6. The standard InChI is InChI=1S/C28H27ClN6O2/c1-15-5-26(34-13-19-8-24(19)28(34)37)31-12-25(15)16(2)35-14-20(11-32-35)27(36)33-22-6-18(7-22)23-9-21(29)4-3-17(23)10-30/h3-5,9,11-12,14,16,18-19,22,24H,6-8,13H2,1-2H3,(H,33,36)/t16-,18?,19-,22?,24-/m1/s1. The fourth-order valence-electron chi connectivity index (χ4n) is 5.66. The Kier molecular flexibility index (Phi) is 5.76. The third kappa shape index (κ3) is 4.27. The lowest BCUT2D eigenvalue weighted by atomic mass is 9.74. The summed E-state index contributed by atoms with van der Waals surface area (Å²) in [6.45, 7) is 4.80. The Balaban J connectivity index is 1.08. The molecular weight excluding hydrogens is 488 g/mol. The Labute approximate surface area is 220 Å². The number of pyridine rings is 1. The molecule has 0 bridgehead atoms. The molecule has 1 aromatic carbocycles. The van der Waals surface area contributed by atoms with Crippen LogP contribution in [0, 0.1) is 30.1 Å². The van der Waals surface area contributed by atoms with Crippen LogP contribution in [0.25, 0.3) is 0 Å². The van der Waals surface area contributed by atoms with Gasteiger partial charge in [0.15, 0.2) is 0 Å². The number of nitrogens with zero attached hydrogens (tertiary/aromatic N) is 5. The molecule has 188 valence electrons. The van der Waals surface area contributed by atoms with Crippen molar-refractivity contribution in [2.75, 3.05) is 11.4 Å². The topological polar surface area (TPSA) is 104 Å². The Morgan fingerprint density at radius 1 is 1.24 bits per heavy atom. The van der Waals surface area contributed by atoms with Gasteiger partial charge in [-0.15, -0.1) is 0 Å². The van der Waals surface area contributed by atoms with E-state index in [0.717, 1.165) is 42.5 Å². The second-order valence-corrected chi connectivity index (χ2v) is 11.0. The van der Waals surface area contributed by atoms with Gasteiger partial charge in [-0.2, -0.15) is 10.4 Å². The Morgan fingerprint density at radius 2 is 2.05 bits per heavy atom. The zero-order valence-electron chi connectivity index (χ0n) is 20.7. The summed E-state index contributed by atoms with van der Waals surface area (Å²) in [4.78, 5) is 31.7. The minimum atomic E-state index is -0.162. The Bertz CT molecular complexity index is 1450. The molecule has 37 heavy (non-hydrogen) atoms. The molecule has 3 fully saturated rings. The van der Waals surface area contributed by atoms with Gasteiger partial charge in [0.2, 0.25) is 5.91 Å². The number of halogens is 1. The highest BCUT2D eigenvalue weighted by atomic mass is 35.5. The molecule has 0 radical (unpaired) electrons. The van der Waals surface area contributed by atoms with Crippen molar-refractivity contribution in [3.05, 3.63) is 75.7 Å². The van der Waals surface area contributed by atoms with Crippen molar-refractivity contribution >= 4 is 29.2 Å². The highest BCUT2D eigenvalue weighted by molar-refractivity contribution is 6.30. The lowest BCUT2D eigenvalue weighted by Gasteiger charge is -2.36. The smallest absolute Gasteiger partial charge is 0.254 e.